The lowest BCUT2D eigenvalue weighted by molar-refractivity contribution is -0.146. The number of urea groups is 1. The fourth-order valence-corrected chi connectivity index (χ4v) is 4.37. The molecule has 2 fully saturated rings. The van der Waals surface area contributed by atoms with E-state index in [9.17, 15) is 9.59 Å². The van der Waals surface area contributed by atoms with Crippen LogP contribution in [0.2, 0.25) is 0 Å². The van der Waals surface area contributed by atoms with Crippen molar-refractivity contribution in [2.75, 3.05) is 38.7 Å². The number of amides is 3. The molecule has 1 atom stereocenters. The number of carbonyl (C=O) groups excluding carboxylic acids is 2. The van der Waals surface area contributed by atoms with Gasteiger partial charge in [0, 0.05) is 32.4 Å². The molecule has 6 nitrogen and oxygen atoms in total. The van der Waals surface area contributed by atoms with Gasteiger partial charge in [0.15, 0.2) is 0 Å². The Hall–Kier alpha value is -2.08. The minimum absolute atomic E-state index is 0.0777. The largest absolute Gasteiger partial charge is 0.383 e. The Morgan fingerprint density at radius 3 is 2.46 bits per heavy atom. The molecule has 0 radical (unpaired) electrons. The minimum Gasteiger partial charge on any atom is -0.383 e. The summed E-state index contributed by atoms with van der Waals surface area (Å²) < 4.78 is 5.13. The molecule has 142 valence electrons. The maximum atomic E-state index is 13.2. The average molecular weight is 359 g/mol. The third-order valence-corrected chi connectivity index (χ3v) is 5.48. The van der Waals surface area contributed by atoms with Crippen molar-refractivity contribution < 1.29 is 14.3 Å². The number of nitrogens with one attached hydrogen (secondary N) is 1. The van der Waals surface area contributed by atoms with Crippen LogP contribution < -0.4 is 5.32 Å². The minimum atomic E-state index is -0.686. The van der Waals surface area contributed by atoms with E-state index in [1.807, 2.05) is 30.9 Å². The number of rotatable bonds is 4. The monoisotopic (exact) mass is 359 g/mol. The first-order valence-corrected chi connectivity index (χ1v) is 9.41. The molecule has 1 aromatic carbocycles. The maximum absolute atomic E-state index is 13.2. The number of piperidine rings is 1. The zero-order valence-electron chi connectivity index (χ0n) is 16.0. The predicted molar refractivity (Wildman–Crippen MR) is 101 cm³/mol. The second-order valence-electron chi connectivity index (χ2n) is 7.48. The number of aryl methyl sites for hydroxylation is 2. The first-order chi connectivity index (χ1) is 12.5. The van der Waals surface area contributed by atoms with Crippen LogP contribution in [0, 0.1) is 13.8 Å². The molecule has 2 saturated heterocycles. The summed E-state index contributed by atoms with van der Waals surface area (Å²) in [5.74, 6) is 0.0777. The van der Waals surface area contributed by atoms with Gasteiger partial charge in [0.2, 0.25) is 5.91 Å². The second kappa shape index (κ2) is 7.66. The molecule has 0 aliphatic carbocycles. The van der Waals surface area contributed by atoms with Gasteiger partial charge in [-0.05, 0) is 62.8 Å². The summed E-state index contributed by atoms with van der Waals surface area (Å²) in [7, 11) is 1.64. The van der Waals surface area contributed by atoms with E-state index >= 15 is 0 Å². The number of benzene rings is 1. The van der Waals surface area contributed by atoms with Crippen molar-refractivity contribution in [2.24, 2.45) is 0 Å². The van der Waals surface area contributed by atoms with Gasteiger partial charge in [0.25, 0.3) is 0 Å². The van der Waals surface area contributed by atoms with Gasteiger partial charge >= 0.3 is 6.03 Å². The van der Waals surface area contributed by atoms with Crippen molar-refractivity contribution in [1.29, 1.82) is 0 Å². The van der Waals surface area contributed by atoms with Crippen LogP contribution in [0.1, 0.15) is 36.8 Å². The van der Waals surface area contributed by atoms with Crippen molar-refractivity contribution in [1.82, 2.24) is 9.80 Å². The molecule has 0 bridgehead atoms. The number of likely N-dealkylation sites (tertiary alicyclic amines) is 2. The lowest BCUT2D eigenvalue weighted by atomic mass is 9.85. The molecule has 26 heavy (non-hydrogen) atoms. The van der Waals surface area contributed by atoms with Crippen LogP contribution in [-0.4, -0.2) is 60.6 Å². The molecular formula is C20H29N3O3. The Morgan fingerprint density at radius 1 is 1.15 bits per heavy atom. The number of hydrogen-bond donors (Lipinski definition) is 1. The molecule has 6 heteroatoms. The average Bonchev–Trinajstić information content (AvgIpc) is 3.00. The van der Waals surface area contributed by atoms with Gasteiger partial charge in [-0.3, -0.25) is 4.79 Å². The molecular weight excluding hydrogens is 330 g/mol. The van der Waals surface area contributed by atoms with E-state index in [0.29, 0.717) is 19.7 Å². The highest BCUT2D eigenvalue weighted by Crippen LogP contribution is 2.38. The first-order valence-electron chi connectivity index (χ1n) is 9.41. The number of methoxy groups -OCH3 is 1. The van der Waals surface area contributed by atoms with Crippen LogP contribution in [-0.2, 0) is 9.53 Å². The molecule has 3 amide bonds. The Bertz CT molecular complexity index is 671. The van der Waals surface area contributed by atoms with E-state index in [0.717, 1.165) is 49.0 Å². The van der Waals surface area contributed by atoms with Gasteiger partial charge < -0.3 is 19.9 Å². The van der Waals surface area contributed by atoms with Gasteiger partial charge in [0.05, 0.1) is 6.61 Å². The predicted octanol–water partition coefficient (Wildman–Crippen LogP) is 2.94. The molecule has 2 aliphatic rings. The van der Waals surface area contributed by atoms with E-state index in [4.69, 9.17) is 4.74 Å². The number of anilines is 1. The number of ether oxygens (including phenoxy) is 1. The standard InChI is InChI=1S/C20H29N3O3/c1-15-12-16(2)14-17(13-15)21-19(25)23-9-5-7-20(23)6-4-8-22(18(20)24)10-11-26-3/h12-14H,4-11H2,1-3H3,(H,21,25). The van der Waals surface area contributed by atoms with Crippen molar-refractivity contribution in [3.63, 3.8) is 0 Å². The zero-order chi connectivity index (χ0) is 18.7. The SMILES string of the molecule is COCCN1CCCC2(CCCN2C(=O)Nc2cc(C)cc(C)c2)C1=O. The molecule has 1 unspecified atom stereocenters. The highest BCUT2D eigenvalue weighted by Gasteiger charge is 2.52. The molecule has 0 saturated carbocycles. The van der Waals surface area contributed by atoms with Crippen LogP contribution in [0.15, 0.2) is 18.2 Å². The van der Waals surface area contributed by atoms with E-state index in [1.54, 1.807) is 12.0 Å². The Kier molecular flexibility index (Phi) is 5.51. The van der Waals surface area contributed by atoms with Gasteiger partial charge in [-0.2, -0.15) is 0 Å². The zero-order valence-corrected chi connectivity index (χ0v) is 16.0. The molecule has 1 N–H and O–H groups in total. The first kappa shape index (κ1) is 18.7. The fourth-order valence-electron chi connectivity index (χ4n) is 4.37. The van der Waals surface area contributed by atoms with Crippen LogP contribution in [0.5, 0.6) is 0 Å². The van der Waals surface area contributed by atoms with Crippen LogP contribution >= 0.6 is 0 Å². The van der Waals surface area contributed by atoms with Gasteiger partial charge in [-0.15, -0.1) is 0 Å². The summed E-state index contributed by atoms with van der Waals surface area (Å²) in [6, 6.07) is 5.82. The van der Waals surface area contributed by atoms with E-state index in [1.165, 1.54) is 0 Å². The van der Waals surface area contributed by atoms with Crippen molar-refractivity contribution in [2.45, 2.75) is 45.1 Å². The third kappa shape index (κ3) is 3.56. The summed E-state index contributed by atoms with van der Waals surface area (Å²) in [6.07, 6.45) is 3.28. The molecule has 2 aliphatic heterocycles. The summed E-state index contributed by atoms with van der Waals surface area (Å²) in [5.41, 5.74) is 2.32. The summed E-state index contributed by atoms with van der Waals surface area (Å²) in [4.78, 5) is 29.8. The molecule has 0 aromatic heterocycles. The van der Waals surface area contributed by atoms with Crippen LogP contribution in [0.3, 0.4) is 0 Å². The van der Waals surface area contributed by atoms with Crippen LogP contribution in [0.4, 0.5) is 10.5 Å². The topological polar surface area (TPSA) is 61.9 Å². The van der Waals surface area contributed by atoms with Crippen molar-refractivity contribution >= 4 is 17.6 Å². The molecule has 1 spiro atoms. The smallest absolute Gasteiger partial charge is 0.322 e. The summed E-state index contributed by atoms with van der Waals surface area (Å²) in [5, 5.41) is 3.01. The number of nitrogens with zero attached hydrogens (tertiary/aromatic N) is 2. The maximum Gasteiger partial charge on any atom is 0.322 e. The van der Waals surface area contributed by atoms with Crippen LogP contribution in [0.25, 0.3) is 0 Å². The van der Waals surface area contributed by atoms with Crippen molar-refractivity contribution in [3.8, 4) is 0 Å². The number of hydrogen-bond acceptors (Lipinski definition) is 3. The molecule has 1 aromatic rings. The highest BCUT2D eigenvalue weighted by molar-refractivity contribution is 5.97. The fraction of sp³-hybridized carbons (Fsp3) is 0.600. The number of carbonyl (C=O) groups is 2. The molecule has 2 heterocycles. The Morgan fingerprint density at radius 2 is 1.81 bits per heavy atom. The summed E-state index contributed by atoms with van der Waals surface area (Å²) in [6.45, 7) is 6.51. The summed E-state index contributed by atoms with van der Waals surface area (Å²) >= 11 is 0. The lowest BCUT2D eigenvalue weighted by Crippen LogP contribution is -2.62. The second-order valence-corrected chi connectivity index (χ2v) is 7.48. The Labute approximate surface area is 155 Å². The van der Waals surface area contributed by atoms with E-state index in [2.05, 4.69) is 11.4 Å². The quantitative estimate of drug-likeness (QED) is 0.899. The van der Waals surface area contributed by atoms with E-state index < -0.39 is 5.54 Å². The van der Waals surface area contributed by atoms with Gasteiger partial charge in [-0.1, -0.05) is 6.07 Å². The normalized spacial score (nSPS) is 23.0. The lowest BCUT2D eigenvalue weighted by Gasteiger charge is -2.44. The van der Waals surface area contributed by atoms with E-state index in [-0.39, 0.29) is 11.9 Å². The molecule has 3 rings (SSSR count). The highest BCUT2D eigenvalue weighted by atomic mass is 16.5. The Balaban J connectivity index is 1.78. The van der Waals surface area contributed by atoms with Crippen molar-refractivity contribution in [3.05, 3.63) is 29.3 Å². The third-order valence-electron chi connectivity index (χ3n) is 5.48. The van der Waals surface area contributed by atoms with Gasteiger partial charge in [0.1, 0.15) is 5.54 Å². The van der Waals surface area contributed by atoms with Gasteiger partial charge in [-0.25, -0.2) is 4.79 Å².